The number of rotatable bonds is 4. The Morgan fingerprint density at radius 3 is 2.87 bits per heavy atom. The molecule has 0 radical (unpaired) electrons. The Morgan fingerprint density at radius 1 is 1.22 bits per heavy atom. The van der Waals surface area contributed by atoms with E-state index in [9.17, 15) is 9.90 Å². The molecular weight excluding hydrogens is 362 g/mol. The minimum Gasteiger partial charge on any atom is -0.493 e. The summed E-state index contributed by atoms with van der Waals surface area (Å²) in [6, 6.07) is 14.4. The molecule has 0 fully saturated rings. The van der Waals surface area contributed by atoms with Gasteiger partial charge in [0.15, 0.2) is 12.3 Å². The number of H-pyrrole nitrogens is 1. The fraction of sp³-hybridized carbons (Fsp3) is 0.0625. The topological polar surface area (TPSA) is 87.0 Å². The molecule has 0 unspecified atom stereocenters. The lowest BCUT2D eigenvalue weighted by Gasteiger charge is -2.02. The largest absolute Gasteiger partial charge is 0.493 e. The molecule has 7 heteroatoms. The number of benzene rings is 2. The fourth-order valence-corrected chi connectivity index (χ4v) is 2.43. The molecule has 2 aromatic carbocycles. The SMILES string of the molecule is O=C(COc1cccc(Br)c1)N=Nc1c(O)[nH]c2ccccc12. The van der Waals surface area contributed by atoms with Crippen molar-refractivity contribution in [3.63, 3.8) is 0 Å². The monoisotopic (exact) mass is 373 g/mol. The number of aromatic nitrogens is 1. The van der Waals surface area contributed by atoms with Crippen LogP contribution in [0.5, 0.6) is 11.6 Å². The van der Waals surface area contributed by atoms with Gasteiger partial charge in [-0.25, -0.2) is 0 Å². The van der Waals surface area contributed by atoms with Gasteiger partial charge >= 0.3 is 5.91 Å². The van der Waals surface area contributed by atoms with Gasteiger partial charge in [0.05, 0.1) is 5.52 Å². The molecule has 2 N–H and O–H groups in total. The summed E-state index contributed by atoms with van der Waals surface area (Å²) in [5.41, 5.74) is 0.952. The second kappa shape index (κ2) is 6.62. The zero-order valence-electron chi connectivity index (χ0n) is 11.9. The molecule has 0 bridgehead atoms. The van der Waals surface area contributed by atoms with Crippen LogP contribution in [0.2, 0.25) is 0 Å². The van der Waals surface area contributed by atoms with Crippen molar-refractivity contribution in [2.45, 2.75) is 0 Å². The van der Waals surface area contributed by atoms with Gasteiger partial charge in [0, 0.05) is 9.86 Å². The predicted molar refractivity (Wildman–Crippen MR) is 89.1 cm³/mol. The molecule has 1 aromatic heterocycles. The van der Waals surface area contributed by atoms with Crippen LogP contribution >= 0.6 is 15.9 Å². The predicted octanol–water partition coefficient (Wildman–Crippen LogP) is 4.33. The van der Waals surface area contributed by atoms with Crippen LogP contribution in [0.15, 0.2) is 63.2 Å². The summed E-state index contributed by atoms with van der Waals surface area (Å²) in [7, 11) is 0. The second-order valence-electron chi connectivity index (χ2n) is 4.71. The highest BCUT2D eigenvalue weighted by Gasteiger charge is 2.10. The van der Waals surface area contributed by atoms with Gasteiger partial charge in [-0.05, 0) is 24.3 Å². The molecule has 0 spiro atoms. The number of aromatic amines is 1. The van der Waals surface area contributed by atoms with Crippen molar-refractivity contribution in [2.24, 2.45) is 10.2 Å². The van der Waals surface area contributed by atoms with Crippen molar-refractivity contribution in [1.82, 2.24) is 4.98 Å². The van der Waals surface area contributed by atoms with E-state index in [0.29, 0.717) is 11.1 Å². The normalized spacial score (nSPS) is 11.2. The second-order valence-corrected chi connectivity index (χ2v) is 5.62. The number of azo groups is 1. The Kier molecular flexibility index (Phi) is 4.38. The number of halogens is 1. The number of nitrogens with one attached hydrogen (secondary N) is 1. The summed E-state index contributed by atoms with van der Waals surface area (Å²) in [6.07, 6.45) is 0. The number of nitrogens with zero attached hydrogens (tertiary/aromatic N) is 2. The van der Waals surface area contributed by atoms with E-state index >= 15 is 0 Å². The number of hydrogen-bond donors (Lipinski definition) is 2. The van der Waals surface area contributed by atoms with Gasteiger partial charge in [0.2, 0.25) is 5.88 Å². The molecule has 0 aliphatic heterocycles. The molecule has 0 aliphatic rings. The molecular formula is C16H12BrN3O3. The summed E-state index contributed by atoms with van der Waals surface area (Å²) >= 11 is 3.32. The Morgan fingerprint density at radius 2 is 2.04 bits per heavy atom. The number of aromatic hydroxyl groups is 1. The van der Waals surface area contributed by atoms with E-state index < -0.39 is 5.91 Å². The lowest BCUT2D eigenvalue weighted by molar-refractivity contribution is -0.120. The number of carbonyl (C=O) groups is 1. The van der Waals surface area contributed by atoms with Crippen LogP contribution in [-0.4, -0.2) is 22.6 Å². The Balaban J connectivity index is 1.69. The minimum absolute atomic E-state index is 0.129. The molecule has 116 valence electrons. The highest BCUT2D eigenvalue weighted by Crippen LogP contribution is 2.35. The molecule has 1 amide bonds. The van der Waals surface area contributed by atoms with Crippen molar-refractivity contribution >= 4 is 38.4 Å². The van der Waals surface area contributed by atoms with Crippen LogP contribution in [0.25, 0.3) is 10.9 Å². The summed E-state index contributed by atoms with van der Waals surface area (Å²) in [5.74, 6) is -0.122. The van der Waals surface area contributed by atoms with Gasteiger partial charge in [-0.1, -0.05) is 40.2 Å². The van der Waals surface area contributed by atoms with Gasteiger partial charge in [0.25, 0.3) is 0 Å². The van der Waals surface area contributed by atoms with E-state index in [0.717, 1.165) is 9.99 Å². The number of carbonyl (C=O) groups excluding carboxylic acids is 1. The van der Waals surface area contributed by atoms with Crippen molar-refractivity contribution in [3.05, 3.63) is 53.0 Å². The first kappa shape index (κ1) is 15.2. The Bertz CT molecular complexity index is 889. The quantitative estimate of drug-likeness (QED) is 0.667. The lowest BCUT2D eigenvalue weighted by atomic mass is 10.2. The summed E-state index contributed by atoms with van der Waals surface area (Å²) < 4.78 is 6.19. The van der Waals surface area contributed by atoms with Crippen LogP contribution in [0.4, 0.5) is 5.69 Å². The maximum absolute atomic E-state index is 11.8. The first-order valence-corrected chi connectivity index (χ1v) is 7.55. The molecule has 3 aromatic rings. The molecule has 23 heavy (non-hydrogen) atoms. The highest BCUT2D eigenvalue weighted by molar-refractivity contribution is 9.10. The number of amides is 1. The van der Waals surface area contributed by atoms with Crippen molar-refractivity contribution in [3.8, 4) is 11.6 Å². The smallest absolute Gasteiger partial charge is 0.302 e. The minimum atomic E-state index is -0.547. The molecule has 0 saturated carbocycles. The summed E-state index contributed by atoms with van der Waals surface area (Å²) in [6.45, 7) is -0.233. The zero-order valence-corrected chi connectivity index (χ0v) is 13.4. The average Bonchev–Trinajstić information content (AvgIpc) is 2.86. The van der Waals surface area contributed by atoms with Gasteiger partial charge in [-0.2, -0.15) is 0 Å². The number of fused-ring (bicyclic) bond motifs is 1. The third-order valence-electron chi connectivity index (χ3n) is 3.08. The molecule has 1 heterocycles. The van der Waals surface area contributed by atoms with E-state index in [1.54, 1.807) is 30.3 Å². The number of hydrogen-bond acceptors (Lipinski definition) is 4. The van der Waals surface area contributed by atoms with Crippen LogP contribution < -0.4 is 4.74 Å². The number of ether oxygens (including phenoxy) is 1. The Labute approximate surface area is 139 Å². The van der Waals surface area contributed by atoms with E-state index in [1.807, 2.05) is 18.2 Å². The van der Waals surface area contributed by atoms with E-state index in [1.165, 1.54) is 0 Å². The van der Waals surface area contributed by atoms with Gasteiger partial charge in [-0.3, -0.25) is 4.79 Å². The molecule has 0 aliphatic carbocycles. The molecule has 6 nitrogen and oxygen atoms in total. The van der Waals surface area contributed by atoms with Gasteiger partial charge in [-0.15, -0.1) is 10.2 Å². The van der Waals surface area contributed by atoms with E-state index in [2.05, 4.69) is 31.1 Å². The van der Waals surface area contributed by atoms with Crippen molar-refractivity contribution in [2.75, 3.05) is 6.61 Å². The van der Waals surface area contributed by atoms with Gasteiger partial charge in [0.1, 0.15) is 5.75 Å². The standard InChI is InChI=1S/C16H12BrN3O3/c17-10-4-3-5-11(8-10)23-9-14(21)19-20-15-12-6-1-2-7-13(12)18-16(15)22/h1-8,18,22H,9H2. The van der Waals surface area contributed by atoms with Crippen LogP contribution in [0.1, 0.15) is 0 Å². The van der Waals surface area contributed by atoms with Crippen molar-refractivity contribution < 1.29 is 14.6 Å². The van der Waals surface area contributed by atoms with Crippen molar-refractivity contribution in [1.29, 1.82) is 0 Å². The summed E-state index contributed by atoms with van der Waals surface area (Å²) in [5, 5.41) is 17.9. The Hall–Kier alpha value is -2.67. The van der Waals surface area contributed by atoms with Crippen LogP contribution in [0.3, 0.4) is 0 Å². The third kappa shape index (κ3) is 3.57. The number of para-hydroxylation sites is 1. The highest BCUT2D eigenvalue weighted by atomic mass is 79.9. The maximum Gasteiger partial charge on any atom is 0.302 e. The third-order valence-corrected chi connectivity index (χ3v) is 3.57. The maximum atomic E-state index is 11.8. The van der Waals surface area contributed by atoms with E-state index in [-0.39, 0.29) is 18.2 Å². The van der Waals surface area contributed by atoms with Crippen LogP contribution in [-0.2, 0) is 4.79 Å². The molecule has 0 atom stereocenters. The van der Waals surface area contributed by atoms with E-state index in [4.69, 9.17) is 4.74 Å². The van der Waals surface area contributed by atoms with Gasteiger partial charge < -0.3 is 14.8 Å². The fourth-order valence-electron chi connectivity index (χ4n) is 2.05. The first-order chi connectivity index (χ1) is 11.1. The molecule has 3 rings (SSSR count). The van der Waals surface area contributed by atoms with Crippen LogP contribution in [0, 0.1) is 0 Å². The zero-order chi connectivity index (χ0) is 16.2. The first-order valence-electron chi connectivity index (χ1n) is 6.76. The average molecular weight is 374 g/mol. The summed E-state index contributed by atoms with van der Waals surface area (Å²) in [4.78, 5) is 14.5. The lowest BCUT2D eigenvalue weighted by Crippen LogP contribution is -2.07. The molecule has 0 saturated heterocycles.